The van der Waals surface area contributed by atoms with Gasteiger partial charge < -0.3 is 4.98 Å². The maximum Gasteiger partial charge on any atom is 0.0687 e. The van der Waals surface area contributed by atoms with E-state index in [2.05, 4.69) is 109 Å². The molecular formula is C30H39N2P. The summed E-state index contributed by atoms with van der Waals surface area (Å²) in [5.74, 6) is 0. The van der Waals surface area contributed by atoms with Crippen molar-refractivity contribution in [2.24, 2.45) is 4.99 Å². The summed E-state index contributed by atoms with van der Waals surface area (Å²) >= 11 is 0. The lowest BCUT2D eigenvalue weighted by Gasteiger charge is -2.07. The molecule has 6 bridgehead atoms. The zero-order valence-electron chi connectivity index (χ0n) is 21.3. The van der Waals surface area contributed by atoms with Gasteiger partial charge in [0.2, 0.25) is 0 Å². The molecule has 1 unspecified atom stereocenters. The Morgan fingerprint density at radius 3 is 2.30 bits per heavy atom. The molecule has 2 aliphatic heterocycles. The molecule has 1 atom stereocenters. The first-order valence-corrected chi connectivity index (χ1v) is 12.7. The first kappa shape index (κ1) is 28.2. The zero-order chi connectivity index (χ0) is 25.0. The minimum atomic E-state index is 0.957. The van der Waals surface area contributed by atoms with E-state index >= 15 is 0 Å². The van der Waals surface area contributed by atoms with Crippen LogP contribution >= 0.6 is 9.24 Å². The summed E-state index contributed by atoms with van der Waals surface area (Å²) in [7, 11) is 2.42. The van der Waals surface area contributed by atoms with E-state index in [1.54, 1.807) is 0 Å². The Bertz CT molecular complexity index is 1090. The van der Waals surface area contributed by atoms with Crippen molar-refractivity contribution in [1.82, 2.24) is 4.98 Å². The SMILES string of the molecule is C#C.CC.CC1=CC2=C/C/C=C\C(C)=C\c3ccc([nH]3)/C(C)=C3/C=CC(=N3)/C(C)=C/1C\2.CP. The van der Waals surface area contributed by atoms with Crippen LogP contribution in [0.5, 0.6) is 0 Å². The topological polar surface area (TPSA) is 28.1 Å². The monoisotopic (exact) mass is 458 g/mol. The third-order valence-corrected chi connectivity index (χ3v) is 5.51. The molecule has 4 rings (SSSR count). The Hall–Kier alpha value is -2.88. The second kappa shape index (κ2) is 14.3. The van der Waals surface area contributed by atoms with Crippen molar-refractivity contribution in [3.05, 3.63) is 93.5 Å². The lowest BCUT2D eigenvalue weighted by molar-refractivity contribution is 1.18. The molecule has 1 aliphatic carbocycles. The number of terminal acetylenes is 1. The minimum Gasteiger partial charge on any atom is -0.355 e. The standard InChI is InChI=1S/C25H26N2.C2H6.C2H2.CH5P/c1-16-7-5-6-8-20-14-17(2)22(15-20)18(3)23-11-12-25(27-23)19(4)24-10-9-21(13-16)26-24;3*1-2/h5,7-14,26H,6,15H2,1-4H3;1-2H3;1-2H;2H2,1H3/b7-5-,16-13+,20-8-,22-18+,25-19-;;;. The summed E-state index contributed by atoms with van der Waals surface area (Å²) in [5, 5.41) is 0. The van der Waals surface area contributed by atoms with Gasteiger partial charge in [-0.05, 0) is 104 Å². The van der Waals surface area contributed by atoms with Gasteiger partial charge in [-0.3, -0.25) is 0 Å². The normalized spacial score (nSPS) is 25.2. The molecule has 1 aromatic heterocycles. The largest absolute Gasteiger partial charge is 0.355 e. The molecule has 3 aliphatic rings. The fourth-order valence-electron chi connectivity index (χ4n) is 3.87. The van der Waals surface area contributed by atoms with Crippen LogP contribution in [0.1, 0.15) is 65.8 Å². The summed E-state index contributed by atoms with van der Waals surface area (Å²) in [6.45, 7) is 14.6. The highest BCUT2D eigenvalue weighted by Gasteiger charge is 2.18. The van der Waals surface area contributed by atoms with Crippen molar-refractivity contribution in [3.8, 4) is 12.8 Å². The summed E-state index contributed by atoms with van der Waals surface area (Å²) < 4.78 is 0. The molecule has 0 radical (unpaired) electrons. The molecule has 0 amide bonds. The van der Waals surface area contributed by atoms with Crippen LogP contribution in [0.4, 0.5) is 0 Å². The van der Waals surface area contributed by atoms with Crippen molar-refractivity contribution >= 4 is 26.6 Å². The molecule has 1 aromatic rings. The first-order valence-electron chi connectivity index (χ1n) is 11.5. The predicted octanol–water partition coefficient (Wildman–Crippen LogP) is 8.48. The summed E-state index contributed by atoms with van der Waals surface area (Å²) in [6, 6.07) is 4.27. The van der Waals surface area contributed by atoms with Crippen LogP contribution in [0.3, 0.4) is 0 Å². The van der Waals surface area contributed by atoms with Crippen molar-refractivity contribution in [3.63, 3.8) is 0 Å². The van der Waals surface area contributed by atoms with E-state index in [-0.39, 0.29) is 0 Å². The van der Waals surface area contributed by atoms with Gasteiger partial charge in [0.15, 0.2) is 0 Å². The Morgan fingerprint density at radius 1 is 0.909 bits per heavy atom. The fraction of sp³-hybridized carbons (Fsp3) is 0.300. The van der Waals surface area contributed by atoms with E-state index in [0.717, 1.165) is 35.6 Å². The van der Waals surface area contributed by atoms with Crippen LogP contribution in [-0.4, -0.2) is 17.4 Å². The highest BCUT2D eigenvalue weighted by atomic mass is 31.0. The molecule has 0 aromatic carbocycles. The van der Waals surface area contributed by atoms with Gasteiger partial charge in [0.05, 0.1) is 11.4 Å². The molecule has 0 saturated carbocycles. The Labute approximate surface area is 204 Å². The van der Waals surface area contributed by atoms with E-state index in [9.17, 15) is 0 Å². The molecule has 3 heteroatoms. The molecule has 3 heterocycles. The molecule has 33 heavy (non-hydrogen) atoms. The number of H-pyrrole nitrogens is 1. The van der Waals surface area contributed by atoms with Crippen LogP contribution in [0.25, 0.3) is 11.6 Å². The number of rotatable bonds is 0. The molecule has 0 spiro atoms. The third-order valence-electron chi connectivity index (χ3n) is 5.51. The highest BCUT2D eigenvalue weighted by molar-refractivity contribution is 7.15. The van der Waals surface area contributed by atoms with Crippen molar-refractivity contribution < 1.29 is 0 Å². The van der Waals surface area contributed by atoms with Gasteiger partial charge in [-0.15, -0.1) is 22.1 Å². The zero-order valence-corrected chi connectivity index (χ0v) is 22.4. The average molecular weight is 459 g/mol. The number of hydrogen-bond donors (Lipinski definition) is 1. The van der Waals surface area contributed by atoms with E-state index in [1.165, 1.54) is 33.4 Å². The van der Waals surface area contributed by atoms with E-state index in [4.69, 9.17) is 4.99 Å². The maximum atomic E-state index is 4.93. The number of aliphatic imine (C=N–C) groups is 1. The summed E-state index contributed by atoms with van der Waals surface area (Å²) in [4.78, 5) is 8.44. The predicted molar refractivity (Wildman–Crippen MR) is 153 cm³/mol. The Kier molecular flexibility index (Phi) is 12.2. The van der Waals surface area contributed by atoms with Crippen molar-refractivity contribution in [1.29, 1.82) is 0 Å². The third kappa shape index (κ3) is 7.31. The van der Waals surface area contributed by atoms with Gasteiger partial charge in [-0.25, -0.2) is 4.99 Å². The van der Waals surface area contributed by atoms with Crippen LogP contribution in [-0.2, 0) is 0 Å². The lowest BCUT2D eigenvalue weighted by atomic mass is 9.99. The Balaban J connectivity index is 0.000000841. The number of aromatic nitrogens is 1. The molecule has 0 saturated heterocycles. The van der Waals surface area contributed by atoms with Gasteiger partial charge in [-0.1, -0.05) is 44.8 Å². The second-order valence-corrected chi connectivity index (χ2v) is 7.58. The van der Waals surface area contributed by atoms with Crippen LogP contribution in [0.15, 0.2) is 87.1 Å². The summed E-state index contributed by atoms with van der Waals surface area (Å²) in [6.07, 6.45) is 25.5. The number of nitrogens with zero attached hydrogens (tertiary/aromatic N) is 1. The van der Waals surface area contributed by atoms with Crippen LogP contribution in [0.2, 0.25) is 0 Å². The summed E-state index contributed by atoms with van der Waals surface area (Å²) in [5.41, 5.74) is 12.3. The lowest BCUT2D eigenvalue weighted by Crippen LogP contribution is -1.98. The molecule has 0 fully saturated rings. The molecular weight excluding hydrogens is 419 g/mol. The van der Waals surface area contributed by atoms with Crippen LogP contribution < -0.4 is 0 Å². The van der Waals surface area contributed by atoms with E-state index in [0.29, 0.717) is 0 Å². The van der Waals surface area contributed by atoms with Gasteiger partial charge >= 0.3 is 0 Å². The number of nitrogens with one attached hydrogen (secondary N) is 1. The highest BCUT2D eigenvalue weighted by Crippen LogP contribution is 2.34. The number of aromatic amines is 1. The fourth-order valence-corrected chi connectivity index (χ4v) is 3.87. The smallest absolute Gasteiger partial charge is 0.0687 e. The quantitative estimate of drug-likeness (QED) is 0.298. The molecule has 2 nitrogen and oxygen atoms in total. The van der Waals surface area contributed by atoms with Gasteiger partial charge in [0.1, 0.15) is 0 Å². The minimum absolute atomic E-state index is 0.957. The number of allylic oxidation sites excluding steroid dienone is 12. The first-order chi connectivity index (χ1) is 16.0. The van der Waals surface area contributed by atoms with E-state index in [1.807, 2.05) is 20.5 Å². The van der Waals surface area contributed by atoms with Gasteiger partial charge in [0.25, 0.3) is 0 Å². The van der Waals surface area contributed by atoms with E-state index < -0.39 is 0 Å². The average Bonchev–Trinajstić information content (AvgIpc) is 3.60. The van der Waals surface area contributed by atoms with Crippen molar-refractivity contribution in [2.45, 2.75) is 54.4 Å². The van der Waals surface area contributed by atoms with Crippen molar-refractivity contribution in [2.75, 3.05) is 6.66 Å². The number of hydrogen-bond acceptors (Lipinski definition) is 1. The van der Waals surface area contributed by atoms with Gasteiger partial charge in [0, 0.05) is 11.4 Å². The number of fused-ring (bicyclic) bond motifs is 5. The maximum absolute atomic E-state index is 4.93. The van der Waals surface area contributed by atoms with Gasteiger partial charge in [-0.2, -0.15) is 0 Å². The van der Waals surface area contributed by atoms with Crippen LogP contribution in [0, 0.1) is 12.8 Å². The Morgan fingerprint density at radius 2 is 1.61 bits per heavy atom. The second-order valence-electron chi connectivity index (χ2n) is 7.58. The molecule has 174 valence electrons. The molecule has 1 N–H and O–H groups in total.